The average Bonchev–Trinajstić information content (AvgIpc) is 3.05. The van der Waals surface area contributed by atoms with Crippen molar-refractivity contribution in [1.29, 1.82) is 0 Å². The van der Waals surface area contributed by atoms with E-state index < -0.39 is 10.0 Å². The quantitative estimate of drug-likeness (QED) is 0.717. The number of aryl methyl sites for hydroxylation is 3. The van der Waals surface area contributed by atoms with E-state index in [1.54, 1.807) is 39.0 Å². The molecule has 0 atom stereocenters. The Kier molecular flexibility index (Phi) is 4.34. The van der Waals surface area contributed by atoms with Gasteiger partial charge >= 0.3 is 0 Å². The molecule has 9 heteroatoms. The van der Waals surface area contributed by atoms with Gasteiger partial charge in [0.1, 0.15) is 10.6 Å². The van der Waals surface area contributed by atoms with Gasteiger partial charge in [-0.3, -0.25) is 4.72 Å². The first-order chi connectivity index (χ1) is 11.7. The molecule has 3 rings (SSSR count). The van der Waals surface area contributed by atoms with Gasteiger partial charge in [0.2, 0.25) is 5.89 Å². The summed E-state index contributed by atoms with van der Waals surface area (Å²) in [5.74, 6) is 0.642. The van der Waals surface area contributed by atoms with Gasteiger partial charge in [-0.25, -0.2) is 8.42 Å². The fraction of sp³-hybridized carbons (Fsp3) is 0.250. The second-order valence-corrected chi connectivity index (χ2v) is 7.82. The third kappa shape index (κ3) is 3.27. The van der Waals surface area contributed by atoms with E-state index in [4.69, 9.17) is 16.0 Å². The van der Waals surface area contributed by atoms with Crippen LogP contribution < -0.4 is 4.72 Å². The van der Waals surface area contributed by atoms with Gasteiger partial charge < -0.3 is 9.40 Å². The highest BCUT2D eigenvalue weighted by molar-refractivity contribution is 7.92. The van der Waals surface area contributed by atoms with Crippen LogP contribution >= 0.6 is 11.6 Å². The number of rotatable bonds is 4. The second kappa shape index (κ2) is 6.20. The number of anilines is 1. The third-order valence-corrected chi connectivity index (χ3v) is 5.70. The normalized spacial score (nSPS) is 11.7. The van der Waals surface area contributed by atoms with Crippen LogP contribution in [0.4, 0.5) is 5.69 Å². The van der Waals surface area contributed by atoms with E-state index in [2.05, 4.69) is 19.9 Å². The van der Waals surface area contributed by atoms with Crippen LogP contribution in [-0.2, 0) is 10.0 Å². The van der Waals surface area contributed by atoms with Gasteiger partial charge in [0.25, 0.3) is 15.9 Å². The number of benzene rings is 1. The molecule has 0 spiro atoms. The monoisotopic (exact) mass is 380 g/mol. The van der Waals surface area contributed by atoms with Crippen molar-refractivity contribution in [1.82, 2.24) is 15.2 Å². The molecule has 25 heavy (non-hydrogen) atoms. The van der Waals surface area contributed by atoms with Gasteiger partial charge in [-0.2, -0.15) is 0 Å². The molecule has 1 aromatic carbocycles. The van der Waals surface area contributed by atoms with Gasteiger partial charge in [0.15, 0.2) is 0 Å². The number of sulfonamides is 1. The maximum Gasteiger partial charge on any atom is 0.264 e. The molecule has 0 aliphatic carbocycles. The molecule has 7 nitrogen and oxygen atoms in total. The minimum Gasteiger partial charge on any atom is -0.420 e. The lowest BCUT2D eigenvalue weighted by atomic mass is 10.2. The molecule has 0 amide bonds. The minimum atomic E-state index is -3.85. The predicted molar refractivity (Wildman–Crippen MR) is 95.3 cm³/mol. The molecule has 3 aromatic rings. The third-order valence-electron chi connectivity index (χ3n) is 3.75. The van der Waals surface area contributed by atoms with Crippen molar-refractivity contribution in [3.8, 4) is 11.6 Å². The van der Waals surface area contributed by atoms with Gasteiger partial charge in [-0.05, 0) is 38.5 Å². The highest BCUT2D eigenvalue weighted by Crippen LogP contribution is 2.32. The van der Waals surface area contributed by atoms with Crippen LogP contribution in [-0.4, -0.2) is 23.6 Å². The molecule has 2 heterocycles. The van der Waals surface area contributed by atoms with Gasteiger partial charge in [-0.1, -0.05) is 17.7 Å². The number of hydrogen-bond acceptors (Lipinski definition) is 5. The fourth-order valence-electron chi connectivity index (χ4n) is 2.65. The standard InChI is InChI=1S/C16H17ClN4O3S/c1-8-5-6-13(12(17)7-8)21-25(22,23)15-9(2)14(18-10(15)3)16-20-19-11(4)24-16/h5-7,18,21H,1-4H3. The van der Waals surface area contributed by atoms with Gasteiger partial charge in [-0.15, -0.1) is 10.2 Å². The van der Waals surface area contributed by atoms with Crippen LogP contribution in [0, 0.1) is 27.7 Å². The first-order valence-corrected chi connectivity index (χ1v) is 9.34. The number of nitrogens with zero attached hydrogens (tertiary/aromatic N) is 2. The summed E-state index contributed by atoms with van der Waals surface area (Å²) in [5.41, 5.74) is 2.71. The summed E-state index contributed by atoms with van der Waals surface area (Å²) >= 11 is 6.14. The summed E-state index contributed by atoms with van der Waals surface area (Å²) in [6.07, 6.45) is 0. The van der Waals surface area contributed by atoms with Crippen molar-refractivity contribution in [3.05, 3.63) is 45.9 Å². The largest absolute Gasteiger partial charge is 0.420 e. The lowest BCUT2D eigenvalue weighted by molar-refractivity contribution is 0.531. The zero-order valence-corrected chi connectivity index (χ0v) is 15.7. The molecule has 132 valence electrons. The lowest BCUT2D eigenvalue weighted by Gasteiger charge is -2.11. The van der Waals surface area contributed by atoms with Crippen molar-refractivity contribution in [2.45, 2.75) is 32.6 Å². The molecular formula is C16H17ClN4O3S. The number of H-pyrrole nitrogens is 1. The number of halogens is 1. The van der Waals surface area contributed by atoms with Crippen molar-refractivity contribution in [2.24, 2.45) is 0 Å². The van der Waals surface area contributed by atoms with E-state index in [-0.39, 0.29) is 10.8 Å². The summed E-state index contributed by atoms with van der Waals surface area (Å²) in [4.78, 5) is 3.14. The SMILES string of the molecule is Cc1ccc(NS(=O)(=O)c2c(C)[nH]c(-c3nnc(C)o3)c2C)c(Cl)c1. The maximum atomic E-state index is 12.9. The van der Waals surface area contributed by atoms with E-state index in [1.807, 2.05) is 6.92 Å². The molecule has 2 aromatic heterocycles. The van der Waals surface area contributed by atoms with Crippen LogP contribution in [0.25, 0.3) is 11.6 Å². The van der Waals surface area contributed by atoms with E-state index in [9.17, 15) is 8.42 Å². The fourth-order valence-corrected chi connectivity index (χ4v) is 4.51. The van der Waals surface area contributed by atoms with Gasteiger partial charge in [0, 0.05) is 18.2 Å². The van der Waals surface area contributed by atoms with Crippen molar-refractivity contribution >= 4 is 27.3 Å². The van der Waals surface area contributed by atoms with Crippen LogP contribution in [0.15, 0.2) is 27.5 Å². The van der Waals surface area contributed by atoms with Crippen LogP contribution in [0.2, 0.25) is 5.02 Å². The molecule has 0 fully saturated rings. The Hall–Kier alpha value is -2.32. The highest BCUT2D eigenvalue weighted by Gasteiger charge is 2.27. The van der Waals surface area contributed by atoms with E-state index in [0.717, 1.165) is 5.56 Å². The van der Waals surface area contributed by atoms with E-state index in [0.29, 0.717) is 33.6 Å². The predicted octanol–water partition coefficient (Wildman–Crippen LogP) is 3.75. The number of aromatic nitrogens is 3. The van der Waals surface area contributed by atoms with Crippen molar-refractivity contribution < 1.29 is 12.8 Å². The Morgan fingerprint density at radius 3 is 2.48 bits per heavy atom. The average molecular weight is 381 g/mol. The van der Waals surface area contributed by atoms with Crippen molar-refractivity contribution in [2.75, 3.05) is 4.72 Å². The zero-order chi connectivity index (χ0) is 18.4. The highest BCUT2D eigenvalue weighted by atomic mass is 35.5. The summed E-state index contributed by atoms with van der Waals surface area (Å²) in [6, 6.07) is 5.12. The first-order valence-electron chi connectivity index (χ1n) is 7.47. The maximum absolute atomic E-state index is 12.9. The summed E-state index contributed by atoms with van der Waals surface area (Å²) in [6.45, 7) is 6.90. The Morgan fingerprint density at radius 1 is 1.16 bits per heavy atom. The van der Waals surface area contributed by atoms with Crippen molar-refractivity contribution in [3.63, 3.8) is 0 Å². The topological polar surface area (TPSA) is 101 Å². The lowest BCUT2D eigenvalue weighted by Crippen LogP contribution is -2.14. The van der Waals surface area contributed by atoms with Crippen LogP contribution in [0.3, 0.4) is 0 Å². The number of nitrogens with one attached hydrogen (secondary N) is 2. The summed E-state index contributed by atoms with van der Waals surface area (Å²) in [5, 5.41) is 8.05. The Bertz CT molecular complexity index is 1050. The van der Waals surface area contributed by atoms with Crippen LogP contribution in [0.1, 0.15) is 22.7 Å². The molecule has 0 unspecified atom stereocenters. The molecule has 0 radical (unpaired) electrons. The second-order valence-electron chi connectivity index (χ2n) is 5.79. The number of hydrogen-bond donors (Lipinski definition) is 2. The molecular weight excluding hydrogens is 364 g/mol. The molecule has 0 saturated carbocycles. The minimum absolute atomic E-state index is 0.134. The van der Waals surface area contributed by atoms with E-state index >= 15 is 0 Å². The molecule has 0 aliphatic rings. The summed E-state index contributed by atoms with van der Waals surface area (Å²) < 4.78 is 33.7. The summed E-state index contributed by atoms with van der Waals surface area (Å²) in [7, 11) is -3.85. The van der Waals surface area contributed by atoms with Gasteiger partial charge in [0.05, 0.1) is 10.7 Å². The Labute approximate surface area is 150 Å². The Morgan fingerprint density at radius 2 is 1.88 bits per heavy atom. The first kappa shape index (κ1) is 17.5. The smallest absolute Gasteiger partial charge is 0.264 e. The molecule has 0 bridgehead atoms. The van der Waals surface area contributed by atoms with Crippen LogP contribution in [0.5, 0.6) is 0 Å². The zero-order valence-electron chi connectivity index (χ0n) is 14.1. The number of aromatic amines is 1. The molecule has 0 saturated heterocycles. The Balaban J connectivity index is 2.04. The molecule has 2 N–H and O–H groups in total. The van der Waals surface area contributed by atoms with E-state index in [1.165, 1.54) is 0 Å². The molecule has 0 aliphatic heterocycles.